The molecule has 0 atom stereocenters. The van der Waals surface area contributed by atoms with Gasteiger partial charge in [-0.25, -0.2) is 4.39 Å². The number of carbonyl (C=O) groups is 1. The van der Waals surface area contributed by atoms with Gasteiger partial charge in [-0.05, 0) is 19.1 Å². The summed E-state index contributed by atoms with van der Waals surface area (Å²) in [6.45, 7) is 1.33. The fraction of sp³-hybridized carbons (Fsp3) is 0.222. The van der Waals surface area contributed by atoms with Gasteiger partial charge in [-0.1, -0.05) is 11.6 Å². The van der Waals surface area contributed by atoms with Gasteiger partial charge in [0.1, 0.15) is 5.78 Å². The lowest BCUT2D eigenvalue weighted by Gasteiger charge is -2.04. The average Bonchev–Trinajstić information content (AvgIpc) is 2.05. The number of hydrogen-bond donors (Lipinski definition) is 1. The molecule has 1 rings (SSSR count). The second-order valence-corrected chi connectivity index (χ2v) is 3.15. The molecule has 0 aliphatic heterocycles. The Balaban J connectivity index is 3.17. The molecule has 0 spiro atoms. The summed E-state index contributed by atoms with van der Waals surface area (Å²) in [5.41, 5.74) is 0.0502. The van der Waals surface area contributed by atoms with Crippen molar-refractivity contribution in [2.75, 3.05) is 0 Å². The number of phenols is 1. The maximum Gasteiger partial charge on any atom is 0.169 e. The Morgan fingerprint density at radius 3 is 2.77 bits per heavy atom. The summed E-state index contributed by atoms with van der Waals surface area (Å²) in [5, 5.41) is 9.15. The summed E-state index contributed by atoms with van der Waals surface area (Å²) in [5.74, 6) is -1.50. The molecule has 1 aromatic carbocycles. The van der Waals surface area contributed by atoms with Crippen LogP contribution in [0, 0.1) is 5.82 Å². The SMILES string of the molecule is CC(=O)Cc1c(Cl)ccc(O)c1F. The van der Waals surface area contributed by atoms with Crippen molar-refractivity contribution >= 4 is 17.4 Å². The van der Waals surface area contributed by atoms with Gasteiger partial charge >= 0.3 is 0 Å². The predicted octanol–water partition coefficient (Wildman–Crippen LogP) is 2.32. The Kier molecular flexibility index (Phi) is 2.88. The molecule has 0 amide bonds. The minimum atomic E-state index is -0.817. The van der Waals surface area contributed by atoms with Crippen LogP contribution in [0.3, 0.4) is 0 Å². The Hall–Kier alpha value is -1.09. The highest BCUT2D eigenvalue weighted by molar-refractivity contribution is 6.31. The summed E-state index contributed by atoms with van der Waals surface area (Å²) < 4.78 is 13.1. The minimum Gasteiger partial charge on any atom is -0.505 e. The van der Waals surface area contributed by atoms with Crippen molar-refractivity contribution in [1.29, 1.82) is 0 Å². The standard InChI is InChI=1S/C9H8ClFO2/c1-5(12)4-6-7(10)2-3-8(13)9(6)11/h2-3,13H,4H2,1H3. The second kappa shape index (κ2) is 3.75. The number of hydrogen-bond acceptors (Lipinski definition) is 2. The van der Waals surface area contributed by atoms with Crippen LogP contribution >= 0.6 is 11.6 Å². The van der Waals surface area contributed by atoms with Gasteiger partial charge in [0.25, 0.3) is 0 Å². The van der Waals surface area contributed by atoms with Crippen LogP contribution < -0.4 is 0 Å². The first-order valence-electron chi connectivity index (χ1n) is 3.67. The van der Waals surface area contributed by atoms with E-state index in [2.05, 4.69) is 0 Å². The van der Waals surface area contributed by atoms with E-state index in [-0.39, 0.29) is 22.8 Å². The number of phenolic OH excluding ortho intramolecular Hbond substituents is 1. The van der Waals surface area contributed by atoms with Crippen LogP contribution in [0.4, 0.5) is 4.39 Å². The molecule has 1 N–H and O–H groups in total. The summed E-state index contributed by atoms with van der Waals surface area (Å²) in [6, 6.07) is 2.51. The van der Waals surface area contributed by atoms with Crippen LogP contribution in [0.2, 0.25) is 5.02 Å². The monoisotopic (exact) mass is 202 g/mol. The molecule has 0 heterocycles. The Bertz CT molecular complexity index is 350. The van der Waals surface area contributed by atoms with E-state index in [9.17, 15) is 9.18 Å². The van der Waals surface area contributed by atoms with Crippen molar-refractivity contribution in [2.24, 2.45) is 0 Å². The van der Waals surface area contributed by atoms with Gasteiger partial charge in [0, 0.05) is 17.0 Å². The highest BCUT2D eigenvalue weighted by Crippen LogP contribution is 2.26. The first kappa shape index (κ1) is 9.99. The molecular formula is C9H8ClFO2. The van der Waals surface area contributed by atoms with E-state index in [1.54, 1.807) is 0 Å². The van der Waals surface area contributed by atoms with Crippen LogP contribution in [0.25, 0.3) is 0 Å². The normalized spacial score (nSPS) is 10.1. The number of ketones is 1. The van der Waals surface area contributed by atoms with Crippen LogP contribution in [0.5, 0.6) is 5.75 Å². The molecule has 0 unspecified atom stereocenters. The zero-order chi connectivity index (χ0) is 10.0. The van der Waals surface area contributed by atoms with Crippen LogP contribution in [-0.4, -0.2) is 10.9 Å². The molecule has 0 aliphatic carbocycles. The van der Waals surface area contributed by atoms with Gasteiger partial charge in [0.05, 0.1) is 0 Å². The van der Waals surface area contributed by atoms with E-state index in [0.29, 0.717) is 0 Å². The van der Waals surface area contributed by atoms with E-state index in [0.717, 1.165) is 6.07 Å². The van der Waals surface area contributed by atoms with Gasteiger partial charge in [-0.15, -0.1) is 0 Å². The molecule has 0 bridgehead atoms. The lowest BCUT2D eigenvalue weighted by molar-refractivity contribution is -0.116. The highest BCUT2D eigenvalue weighted by Gasteiger charge is 2.12. The molecule has 1 aromatic rings. The average molecular weight is 203 g/mol. The fourth-order valence-corrected chi connectivity index (χ4v) is 1.21. The quantitative estimate of drug-likeness (QED) is 0.799. The molecule has 13 heavy (non-hydrogen) atoms. The van der Waals surface area contributed by atoms with Gasteiger partial charge < -0.3 is 5.11 Å². The molecule has 0 aliphatic rings. The van der Waals surface area contributed by atoms with E-state index in [1.165, 1.54) is 13.0 Å². The molecule has 0 aromatic heterocycles. The third kappa shape index (κ3) is 2.18. The van der Waals surface area contributed by atoms with E-state index in [4.69, 9.17) is 16.7 Å². The third-order valence-corrected chi connectivity index (χ3v) is 1.95. The van der Waals surface area contributed by atoms with Crippen molar-refractivity contribution in [1.82, 2.24) is 0 Å². The second-order valence-electron chi connectivity index (χ2n) is 2.74. The zero-order valence-electron chi connectivity index (χ0n) is 6.97. The largest absolute Gasteiger partial charge is 0.505 e. The Morgan fingerprint density at radius 2 is 2.23 bits per heavy atom. The van der Waals surface area contributed by atoms with Gasteiger partial charge in [-0.3, -0.25) is 4.79 Å². The number of benzene rings is 1. The third-order valence-electron chi connectivity index (χ3n) is 1.59. The van der Waals surface area contributed by atoms with E-state index < -0.39 is 11.6 Å². The Labute approximate surface area is 80.0 Å². The van der Waals surface area contributed by atoms with Crippen molar-refractivity contribution in [2.45, 2.75) is 13.3 Å². The molecule has 0 saturated heterocycles. The maximum absolute atomic E-state index is 13.1. The lowest BCUT2D eigenvalue weighted by Crippen LogP contribution is -2.00. The first-order chi connectivity index (χ1) is 6.02. The molecule has 0 radical (unpaired) electrons. The van der Waals surface area contributed by atoms with Gasteiger partial charge in [-0.2, -0.15) is 0 Å². The smallest absolute Gasteiger partial charge is 0.169 e. The van der Waals surface area contributed by atoms with Crippen LogP contribution in [0.15, 0.2) is 12.1 Å². The zero-order valence-corrected chi connectivity index (χ0v) is 7.73. The number of halogens is 2. The molecular weight excluding hydrogens is 195 g/mol. The minimum absolute atomic E-state index is 0.0502. The van der Waals surface area contributed by atoms with E-state index >= 15 is 0 Å². The fourth-order valence-electron chi connectivity index (χ4n) is 0.996. The van der Waals surface area contributed by atoms with Gasteiger partial charge in [0.15, 0.2) is 11.6 Å². The first-order valence-corrected chi connectivity index (χ1v) is 4.05. The summed E-state index contributed by atoms with van der Waals surface area (Å²) in [4.78, 5) is 10.7. The number of carbonyl (C=O) groups excluding carboxylic acids is 1. The molecule has 70 valence electrons. The lowest BCUT2D eigenvalue weighted by atomic mass is 10.1. The summed E-state index contributed by atoms with van der Waals surface area (Å²) in [6.07, 6.45) is -0.0981. The molecule has 0 saturated carbocycles. The number of Topliss-reactive ketones (excluding diaryl/α,β-unsaturated/α-hetero) is 1. The topological polar surface area (TPSA) is 37.3 Å². The maximum atomic E-state index is 13.1. The van der Waals surface area contributed by atoms with Crippen molar-refractivity contribution in [3.8, 4) is 5.75 Å². The summed E-state index contributed by atoms with van der Waals surface area (Å²) >= 11 is 5.64. The van der Waals surface area contributed by atoms with Crippen LogP contribution in [-0.2, 0) is 11.2 Å². The molecule has 0 fully saturated rings. The molecule has 2 nitrogen and oxygen atoms in total. The highest BCUT2D eigenvalue weighted by atomic mass is 35.5. The van der Waals surface area contributed by atoms with Crippen molar-refractivity contribution in [3.63, 3.8) is 0 Å². The van der Waals surface area contributed by atoms with Crippen LogP contribution in [0.1, 0.15) is 12.5 Å². The number of rotatable bonds is 2. The number of aromatic hydroxyl groups is 1. The molecule has 4 heteroatoms. The van der Waals surface area contributed by atoms with Crippen molar-refractivity contribution in [3.05, 3.63) is 28.5 Å². The van der Waals surface area contributed by atoms with Gasteiger partial charge in [0.2, 0.25) is 0 Å². The Morgan fingerprint density at radius 1 is 1.62 bits per heavy atom. The predicted molar refractivity (Wildman–Crippen MR) is 47.5 cm³/mol. The summed E-state index contributed by atoms with van der Waals surface area (Å²) in [7, 11) is 0. The van der Waals surface area contributed by atoms with E-state index in [1.807, 2.05) is 0 Å². The van der Waals surface area contributed by atoms with Crippen molar-refractivity contribution < 1.29 is 14.3 Å².